The van der Waals surface area contributed by atoms with Crippen molar-refractivity contribution in [1.82, 2.24) is 15.2 Å². The predicted molar refractivity (Wildman–Crippen MR) is 97.7 cm³/mol. The van der Waals surface area contributed by atoms with Crippen molar-refractivity contribution in [3.8, 4) is 17.5 Å². The number of carbonyl (C=O) groups excluding carboxylic acids is 1. The standard InChI is InChI=1S/C17H16F6N4O4.ClH/c1-7-2-3-8(28)4-5-15(29,17(21,22)23)14-27-26-13(31-14)11-10(24)6-9(16(18,19)20)12(25-11)30-7;/h6-7,29H,2-5,24H2,1H3;1H/t7-,15-;/m1./s1. The summed E-state index contributed by atoms with van der Waals surface area (Å²) in [5.74, 6) is -3.64. The fourth-order valence-electron chi connectivity index (χ4n) is 2.89. The second-order valence-electron chi connectivity index (χ2n) is 7.05. The lowest BCUT2D eigenvalue weighted by atomic mass is 9.94. The Morgan fingerprint density at radius 3 is 2.44 bits per heavy atom. The van der Waals surface area contributed by atoms with E-state index in [0.717, 1.165) is 0 Å². The molecule has 2 aromatic rings. The van der Waals surface area contributed by atoms with Crippen LogP contribution >= 0.6 is 12.4 Å². The van der Waals surface area contributed by atoms with Gasteiger partial charge in [-0.3, -0.25) is 4.79 Å². The third-order valence-electron chi connectivity index (χ3n) is 4.68. The van der Waals surface area contributed by atoms with Crippen LogP contribution < -0.4 is 10.5 Å². The Labute approximate surface area is 182 Å². The molecular formula is C17H17ClF6N4O4. The molecule has 0 aromatic carbocycles. The smallest absolute Gasteiger partial charge is 0.426 e. The number of fused-ring (bicyclic) bond motifs is 5. The van der Waals surface area contributed by atoms with E-state index in [-0.39, 0.29) is 25.2 Å². The first kappa shape index (κ1) is 25.6. The molecule has 0 spiro atoms. The lowest BCUT2D eigenvalue weighted by molar-refractivity contribution is -0.276. The number of hydrogen-bond donors (Lipinski definition) is 2. The number of rotatable bonds is 0. The number of nitrogens with zero attached hydrogens (tertiary/aromatic N) is 3. The molecule has 3 rings (SSSR count). The number of aliphatic hydroxyl groups is 1. The van der Waals surface area contributed by atoms with E-state index in [1.165, 1.54) is 6.92 Å². The van der Waals surface area contributed by atoms with Gasteiger partial charge in [-0.2, -0.15) is 26.3 Å². The molecule has 0 radical (unpaired) electrons. The van der Waals surface area contributed by atoms with Gasteiger partial charge >= 0.3 is 12.4 Å². The molecule has 2 atom stereocenters. The second-order valence-corrected chi connectivity index (χ2v) is 7.05. The molecule has 4 bridgehead atoms. The van der Waals surface area contributed by atoms with Crippen LogP contribution in [0.25, 0.3) is 11.6 Å². The number of halogens is 7. The molecule has 2 aromatic heterocycles. The zero-order chi connectivity index (χ0) is 23.2. The minimum absolute atomic E-state index is 0. The highest BCUT2D eigenvalue weighted by Crippen LogP contribution is 2.44. The number of nitrogens with two attached hydrogens (primary N) is 1. The van der Waals surface area contributed by atoms with Gasteiger partial charge in [-0.15, -0.1) is 22.6 Å². The van der Waals surface area contributed by atoms with Crippen LogP contribution in [0.3, 0.4) is 0 Å². The first-order valence-electron chi connectivity index (χ1n) is 8.92. The average Bonchev–Trinajstić information content (AvgIpc) is 3.13. The summed E-state index contributed by atoms with van der Waals surface area (Å²) in [5.41, 5.74) is -0.538. The van der Waals surface area contributed by atoms with Crippen LogP contribution in [0.15, 0.2) is 10.5 Å². The van der Waals surface area contributed by atoms with Crippen LogP contribution in [0.1, 0.15) is 44.1 Å². The number of ketones is 1. The number of anilines is 1. The van der Waals surface area contributed by atoms with Crippen molar-refractivity contribution >= 4 is 23.9 Å². The highest BCUT2D eigenvalue weighted by atomic mass is 35.5. The zero-order valence-electron chi connectivity index (χ0n) is 16.3. The molecule has 3 N–H and O–H groups in total. The SMILES string of the molecule is C[C@@H]1CCC(=O)CC[C@](O)(C(F)(F)F)c2nnc(o2)-c2nc(c(C(F)(F)F)cc2N)O1.Cl. The summed E-state index contributed by atoms with van der Waals surface area (Å²) < 4.78 is 91.0. The molecule has 32 heavy (non-hydrogen) atoms. The lowest BCUT2D eigenvalue weighted by Crippen LogP contribution is -2.43. The van der Waals surface area contributed by atoms with Gasteiger partial charge in [0.15, 0.2) is 5.69 Å². The molecule has 15 heteroatoms. The van der Waals surface area contributed by atoms with Crippen molar-refractivity contribution in [1.29, 1.82) is 0 Å². The predicted octanol–water partition coefficient (Wildman–Crippen LogP) is 3.81. The lowest BCUT2D eigenvalue weighted by Gasteiger charge is -2.26. The Kier molecular flexibility index (Phi) is 7.00. The highest BCUT2D eigenvalue weighted by Gasteiger charge is 2.59. The molecule has 3 heterocycles. The fourth-order valence-corrected chi connectivity index (χ4v) is 2.89. The molecule has 0 unspecified atom stereocenters. The van der Waals surface area contributed by atoms with Crippen LogP contribution in [0.5, 0.6) is 5.88 Å². The van der Waals surface area contributed by atoms with Crippen LogP contribution in [-0.4, -0.2) is 38.4 Å². The molecule has 0 saturated heterocycles. The normalized spacial score (nSPS) is 22.5. The Morgan fingerprint density at radius 1 is 1.19 bits per heavy atom. The van der Waals surface area contributed by atoms with E-state index in [1.807, 2.05) is 0 Å². The molecule has 178 valence electrons. The average molecular weight is 491 g/mol. The molecule has 1 aliphatic heterocycles. The third kappa shape index (κ3) is 4.90. The van der Waals surface area contributed by atoms with E-state index < -0.39 is 77.3 Å². The van der Waals surface area contributed by atoms with E-state index in [1.54, 1.807) is 0 Å². The first-order valence-corrected chi connectivity index (χ1v) is 8.92. The quantitative estimate of drug-likeness (QED) is 0.534. The first-order chi connectivity index (χ1) is 14.2. The molecule has 8 nitrogen and oxygen atoms in total. The molecule has 0 amide bonds. The van der Waals surface area contributed by atoms with Gasteiger partial charge in [0, 0.05) is 19.3 Å². The van der Waals surface area contributed by atoms with Crippen LogP contribution in [0, 0.1) is 0 Å². The maximum Gasteiger partial charge on any atom is 0.426 e. The number of carbonyl (C=O) groups is 1. The number of Topliss-reactive ketones (excluding diaryl/α,β-unsaturated/α-hetero) is 1. The maximum atomic E-state index is 13.6. The van der Waals surface area contributed by atoms with Gasteiger partial charge in [0.1, 0.15) is 11.3 Å². The van der Waals surface area contributed by atoms with E-state index >= 15 is 0 Å². The largest absolute Gasteiger partial charge is 0.474 e. The zero-order valence-corrected chi connectivity index (χ0v) is 17.1. The molecular weight excluding hydrogens is 474 g/mol. The number of nitrogen functional groups attached to an aromatic ring is 1. The number of hydrogen-bond acceptors (Lipinski definition) is 8. The van der Waals surface area contributed by atoms with Crippen LogP contribution in [0.2, 0.25) is 0 Å². The van der Waals surface area contributed by atoms with Crippen molar-refractivity contribution < 1.29 is 45.4 Å². The number of ether oxygens (including phenoxy) is 1. The summed E-state index contributed by atoms with van der Waals surface area (Å²) in [6.45, 7) is 1.37. The van der Waals surface area contributed by atoms with Gasteiger partial charge in [-0.1, -0.05) is 0 Å². The highest BCUT2D eigenvalue weighted by molar-refractivity contribution is 5.85. The van der Waals surface area contributed by atoms with Gasteiger partial charge in [0.2, 0.25) is 11.5 Å². The monoisotopic (exact) mass is 490 g/mol. The van der Waals surface area contributed by atoms with E-state index in [0.29, 0.717) is 6.07 Å². The van der Waals surface area contributed by atoms with Gasteiger partial charge in [-0.05, 0) is 19.4 Å². The molecule has 0 saturated carbocycles. The van der Waals surface area contributed by atoms with Crippen molar-refractivity contribution in [3.63, 3.8) is 0 Å². The third-order valence-corrected chi connectivity index (χ3v) is 4.68. The van der Waals surface area contributed by atoms with Gasteiger partial charge in [-0.25, -0.2) is 4.98 Å². The minimum atomic E-state index is -5.28. The van der Waals surface area contributed by atoms with Crippen molar-refractivity contribution in [3.05, 3.63) is 17.5 Å². The summed E-state index contributed by atoms with van der Waals surface area (Å²) >= 11 is 0. The summed E-state index contributed by atoms with van der Waals surface area (Å²) in [5, 5.41) is 16.8. The van der Waals surface area contributed by atoms with E-state index in [2.05, 4.69) is 15.2 Å². The number of alkyl halides is 6. The Morgan fingerprint density at radius 2 is 1.84 bits per heavy atom. The number of pyridine rings is 1. The van der Waals surface area contributed by atoms with Crippen molar-refractivity contribution in [2.24, 2.45) is 0 Å². The molecule has 0 aliphatic carbocycles. The summed E-state index contributed by atoms with van der Waals surface area (Å²) in [6.07, 6.45) is -13.3. The fraction of sp³-hybridized carbons (Fsp3) is 0.529. The topological polar surface area (TPSA) is 124 Å². The maximum absolute atomic E-state index is 13.6. The van der Waals surface area contributed by atoms with Crippen LogP contribution in [-0.2, 0) is 16.6 Å². The van der Waals surface area contributed by atoms with E-state index in [9.17, 15) is 36.2 Å². The Balaban J connectivity index is 0.00000363. The second kappa shape index (κ2) is 8.73. The van der Waals surface area contributed by atoms with Gasteiger partial charge in [0.25, 0.3) is 11.8 Å². The Bertz CT molecular complexity index is 996. The van der Waals surface area contributed by atoms with E-state index in [4.69, 9.17) is 14.9 Å². The van der Waals surface area contributed by atoms with Crippen LogP contribution in [0.4, 0.5) is 32.0 Å². The molecule has 0 fully saturated rings. The summed E-state index contributed by atoms with van der Waals surface area (Å²) in [7, 11) is 0. The van der Waals surface area contributed by atoms with Crippen molar-refractivity contribution in [2.45, 2.75) is 56.7 Å². The van der Waals surface area contributed by atoms with Gasteiger partial charge < -0.3 is 20.0 Å². The minimum Gasteiger partial charge on any atom is -0.474 e. The summed E-state index contributed by atoms with van der Waals surface area (Å²) in [6, 6.07) is 0.473. The van der Waals surface area contributed by atoms with Gasteiger partial charge in [0.05, 0.1) is 11.8 Å². The number of aromatic nitrogens is 3. The Hall–Kier alpha value is -2.61. The van der Waals surface area contributed by atoms with Crippen molar-refractivity contribution in [2.75, 3.05) is 5.73 Å². The molecule has 1 aliphatic rings. The summed E-state index contributed by atoms with van der Waals surface area (Å²) in [4.78, 5) is 15.7.